The van der Waals surface area contributed by atoms with Crippen LogP contribution in [-0.4, -0.2) is 67.2 Å². The Kier molecular flexibility index (Phi) is 7.33. The molecule has 0 radical (unpaired) electrons. The highest BCUT2D eigenvalue weighted by atomic mass is 31.2. The number of Topliss-reactive ketones (excluding diaryl/α,β-unsaturated/α-hetero) is 1. The number of nitrogens with zero attached hydrogens (tertiary/aromatic N) is 3. The van der Waals surface area contributed by atoms with Crippen LogP contribution in [0.2, 0.25) is 0 Å². The molecule has 0 saturated carbocycles. The molecule has 6 nitrogen and oxygen atoms in total. The molecular weight excluding hydrogens is 373 g/mol. The summed E-state index contributed by atoms with van der Waals surface area (Å²) in [5, 5.41) is 11.0. The highest BCUT2D eigenvalue weighted by Crippen LogP contribution is 2.66. The van der Waals surface area contributed by atoms with Gasteiger partial charge in [0.15, 0.2) is 5.76 Å². The maximum Gasteiger partial charge on any atom is 0.416 e. The van der Waals surface area contributed by atoms with Gasteiger partial charge in [0.1, 0.15) is 0 Å². The lowest BCUT2D eigenvalue weighted by atomic mass is 10.1. The number of allylic oxidation sites excluding steroid dienone is 1. The number of carbonyl (C=O) groups is 1. The van der Waals surface area contributed by atoms with Gasteiger partial charge in [-0.05, 0) is 0 Å². The summed E-state index contributed by atoms with van der Waals surface area (Å²) in [7, 11) is 8.85. The number of rotatable bonds is 8. The molecule has 0 aliphatic carbocycles. The summed E-state index contributed by atoms with van der Waals surface area (Å²) < 4.78 is 12.3. The zero-order valence-corrected chi connectivity index (χ0v) is 18.2. The average molecular weight is 402 g/mol. The van der Waals surface area contributed by atoms with Crippen molar-refractivity contribution in [3.05, 3.63) is 77.5 Å². The molecular formula is C21H29N3O3P+. The predicted molar refractivity (Wildman–Crippen MR) is 116 cm³/mol. The van der Waals surface area contributed by atoms with Gasteiger partial charge >= 0.3 is 7.94 Å². The second kappa shape index (κ2) is 9.30. The van der Waals surface area contributed by atoms with E-state index in [0.29, 0.717) is 11.1 Å². The Balaban J connectivity index is 2.66. The predicted octanol–water partition coefficient (Wildman–Crippen LogP) is 4.18. The maximum absolute atomic E-state index is 13.3. The van der Waals surface area contributed by atoms with Crippen LogP contribution in [0.15, 0.2) is 66.4 Å². The van der Waals surface area contributed by atoms with E-state index in [1.807, 2.05) is 80.6 Å². The molecule has 0 atom stereocenters. The summed E-state index contributed by atoms with van der Waals surface area (Å²) in [6, 6.07) is 17.8. The quantitative estimate of drug-likeness (QED) is 0.310. The van der Waals surface area contributed by atoms with E-state index in [-0.39, 0.29) is 17.3 Å². The van der Waals surface area contributed by atoms with Crippen molar-refractivity contribution in [3.8, 4) is 0 Å². The Bertz CT molecular complexity index is 800. The van der Waals surface area contributed by atoms with Crippen molar-refractivity contribution in [1.82, 2.24) is 14.0 Å². The molecule has 0 aliphatic heterocycles. The van der Waals surface area contributed by atoms with Gasteiger partial charge in [-0.1, -0.05) is 60.7 Å². The van der Waals surface area contributed by atoms with Crippen LogP contribution >= 0.6 is 7.94 Å². The number of benzene rings is 2. The van der Waals surface area contributed by atoms with Gasteiger partial charge in [0.25, 0.3) is 5.76 Å². The minimum absolute atomic E-state index is 0.0677. The van der Waals surface area contributed by atoms with Crippen molar-refractivity contribution in [3.63, 3.8) is 0 Å². The van der Waals surface area contributed by atoms with Gasteiger partial charge in [0.2, 0.25) is 5.78 Å². The standard InChI is InChI=1S/C21H28N3O3P/c1-22(2)28(23(3)4,24(5)6)27-21(19(25)17-13-9-7-10-14-17)20(26)18-15-11-8-12-16-18/h7-16H,1-6H3/p+1. The molecule has 0 spiro atoms. The average Bonchev–Trinajstić information content (AvgIpc) is 2.68. The molecule has 150 valence electrons. The van der Waals surface area contributed by atoms with Crippen molar-refractivity contribution in [2.45, 2.75) is 0 Å². The van der Waals surface area contributed by atoms with E-state index in [1.165, 1.54) is 0 Å². The third-order valence-corrected chi connectivity index (χ3v) is 7.84. The SMILES string of the molecule is CN(C)[P+](O/C(C(=O)c1ccccc1)=C(/O)c1ccccc1)(N(C)C)N(C)C. The van der Waals surface area contributed by atoms with Crippen LogP contribution in [0.5, 0.6) is 0 Å². The molecule has 2 aromatic rings. The first-order chi connectivity index (χ1) is 13.2. The fourth-order valence-corrected chi connectivity index (χ4v) is 6.13. The van der Waals surface area contributed by atoms with Crippen molar-refractivity contribution >= 4 is 19.5 Å². The van der Waals surface area contributed by atoms with Crippen LogP contribution in [0, 0.1) is 0 Å². The number of ketones is 1. The van der Waals surface area contributed by atoms with E-state index in [1.54, 1.807) is 36.4 Å². The van der Waals surface area contributed by atoms with Crippen molar-refractivity contribution in [2.75, 3.05) is 42.3 Å². The Morgan fingerprint density at radius 1 is 0.750 bits per heavy atom. The van der Waals surface area contributed by atoms with E-state index in [2.05, 4.69) is 0 Å². The molecule has 0 amide bonds. The van der Waals surface area contributed by atoms with Crippen LogP contribution in [0.1, 0.15) is 15.9 Å². The smallest absolute Gasteiger partial charge is 0.416 e. The number of hydrogen-bond acceptors (Lipinski definition) is 6. The molecule has 0 unspecified atom stereocenters. The topological polar surface area (TPSA) is 56.2 Å². The van der Waals surface area contributed by atoms with Crippen LogP contribution in [-0.2, 0) is 4.52 Å². The van der Waals surface area contributed by atoms with E-state index < -0.39 is 7.94 Å². The van der Waals surface area contributed by atoms with Gasteiger partial charge in [0, 0.05) is 53.4 Å². The molecule has 2 rings (SSSR count). The second-order valence-corrected chi connectivity index (χ2v) is 10.5. The summed E-state index contributed by atoms with van der Waals surface area (Å²) in [6.45, 7) is 0. The normalized spacial score (nSPS) is 13.0. The first kappa shape index (κ1) is 22.1. The van der Waals surface area contributed by atoms with Gasteiger partial charge in [-0.15, -0.1) is 14.0 Å². The molecule has 0 aromatic heterocycles. The van der Waals surface area contributed by atoms with Gasteiger partial charge in [0.05, 0.1) is 0 Å². The summed E-state index contributed by atoms with van der Waals surface area (Å²) in [4.78, 5) is 13.3. The van der Waals surface area contributed by atoms with E-state index in [9.17, 15) is 9.90 Å². The fourth-order valence-electron chi connectivity index (χ4n) is 3.08. The number of aliphatic hydroxyl groups excluding tert-OH is 1. The van der Waals surface area contributed by atoms with Crippen LogP contribution < -0.4 is 0 Å². The molecule has 7 heteroatoms. The first-order valence-electron chi connectivity index (χ1n) is 8.92. The Labute approximate surface area is 168 Å². The van der Waals surface area contributed by atoms with Gasteiger partial charge in [-0.25, -0.2) is 0 Å². The van der Waals surface area contributed by atoms with Crippen LogP contribution in [0.4, 0.5) is 0 Å². The molecule has 0 fully saturated rings. The molecule has 28 heavy (non-hydrogen) atoms. The molecule has 0 aliphatic rings. The zero-order chi connectivity index (χ0) is 20.9. The highest BCUT2D eigenvalue weighted by molar-refractivity contribution is 7.64. The first-order valence-corrected chi connectivity index (χ1v) is 10.5. The minimum Gasteiger partial charge on any atom is -0.504 e. The Morgan fingerprint density at radius 2 is 1.14 bits per heavy atom. The number of carbonyl (C=O) groups excluding carboxylic acids is 1. The van der Waals surface area contributed by atoms with E-state index in [0.717, 1.165) is 0 Å². The largest absolute Gasteiger partial charge is 0.504 e. The van der Waals surface area contributed by atoms with Crippen LogP contribution in [0.25, 0.3) is 5.76 Å². The molecule has 0 saturated heterocycles. The Hall–Kier alpha value is -2.24. The van der Waals surface area contributed by atoms with Crippen molar-refractivity contribution in [2.24, 2.45) is 0 Å². The van der Waals surface area contributed by atoms with E-state index >= 15 is 0 Å². The highest BCUT2D eigenvalue weighted by Gasteiger charge is 2.54. The lowest BCUT2D eigenvalue weighted by Crippen LogP contribution is -2.38. The molecule has 0 heterocycles. The van der Waals surface area contributed by atoms with Gasteiger partial charge in [-0.3, -0.25) is 9.32 Å². The maximum atomic E-state index is 13.3. The summed E-state index contributed by atoms with van der Waals surface area (Å²) in [5.74, 6) is -0.608. The summed E-state index contributed by atoms with van der Waals surface area (Å²) >= 11 is 0. The van der Waals surface area contributed by atoms with Gasteiger partial charge in [-0.2, -0.15) is 0 Å². The van der Waals surface area contributed by atoms with Crippen LogP contribution in [0.3, 0.4) is 0 Å². The lowest BCUT2D eigenvalue weighted by molar-refractivity contribution is 0.0975. The zero-order valence-electron chi connectivity index (χ0n) is 17.3. The van der Waals surface area contributed by atoms with E-state index in [4.69, 9.17) is 4.52 Å². The number of aliphatic hydroxyl groups is 1. The third-order valence-electron chi connectivity index (χ3n) is 4.28. The second-order valence-electron chi connectivity index (χ2n) is 6.89. The molecule has 1 N–H and O–H groups in total. The third kappa shape index (κ3) is 4.42. The van der Waals surface area contributed by atoms with Crippen molar-refractivity contribution in [1.29, 1.82) is 0 Å². The van der Waals surface area contributed by atoms with Crippen molar-refractivity contribution < 1.29 is 14.4 Å². The monoisotopic (exact) mass is 402 g/mol. The minimum atomic E-state index is -2.56. The summed E-state index contributed by atoms with van der Waals surface area (Å²) in [6.07, 6.45) is 0. The Morgan fingerprint density at radius 3 is 1.54 bits per heavy atom. The number of hydrogen-bond donors (Lipinski definition) is 1. The van der Waals surface area contributed by atoms with Gasteiger partial charge < -0.3 is 5.11 Å². The molecule has 0 bridgehead atoms. The summed E-state index contributed by atoms with van der Waals surface area (Å²) in [5.41, 5.74) is 0.977. The lowest BCUT2D eigenvalue weighted by Gasteiger charge is -2.37. The fraction of sp³-hybridized carbons (Fsp3) is 0.286. The molecule has 2 aromatic carbocycles.